The SMILES string of the molecule is Cc1ccc(NC(=O)C2(c3ccccc3Cl)CCOCC2)cn1. The molecular formula is C18H19ClN2O2. The van der Waals surface area contributed by atoms with E-state index in [1.165, 1.54) is 0 Å². The van der Waals surface area contributed by atoms with Crippen LogP contribution in [0.5, 0.6) is 0 Å². The number of aryl methyl sites for hydroxylation is 1. The van der Waals surface area contributed by atoms with Crippen molar-refractivity contribution in [1.29, 1.82) is 0 Å². The number of rotatable bonds is 3. The Kier molecular flexibility index (Phi) is 4.64. The largest absolute Gasteiger partial charge is 0.381 e. The maximum Gasteiger partial charge on any atom is 0.235 e. The number of pyridine rings is 1. The number of nitrogens with zero attached hydrogens (tertiary/aromatic N) is 1. The van der Waals surface area contributed by atoms with Crippen LogP contribution in [-0.2, 0) is 14.9 Å². The fourth-order valence-corrected chi connectivity index (χ4v) is 3.30. The molecule has 0 atom stereocenters. The lowest BCUT2D eigenvalue weighted by Crippen LogP contribution is -2.45. The number of amides is 1. The van der Waals surface area contributed by atoms with E-state index in [0.717, 1.165) is 11.3 Å². The van der Waals surface area contributed by atoms with Crippen LogP contribution in [0.4, 0.5) is 5.69 Å². The van der Waals surface area contributed by atoms with Crippen LogP contribution < -0.4 is 5.32 Å². The maximum absolute atomic E-state index is 13.1. The summed E-state index contributed by atoms with van der Waals surface area (Å²) < 4.78 is 5.47. The van der Waals surface area contributed by atoms with Crippen molar-refractivity contribution < 1.29 is 9.53 Å². The normalized spacial score (nSPS) is 16.8. The molecular weight excluding hydrogens is 312 g/mol. The molecule has 3 rings (SSSR count). The van der Waals surface area contributed by atoms with E-state index < -0.39 is 5.41 Å². The molecule has 1 aliphatic rings. The van der Waals surface area contributed by atoms with E-state index in [2.05, 4.69) is 10.3 Å². The molecule has 2 heterocycles. The number of aromatic nitrogens is 1. The predicted molar refractivity (Wildman–Crippen MR) is 90.8 cm³/mol. The third-order valence-electron chi connectivity index (χ3n) is 4.34. The van der Waals surface area contributed by atoms with Gasteiger partial charge in [-0.15, -0.1) is 0 Å². The standard InChI is InChI=1S/C18H19ClN2O2/c1-13-6-7-14(12-20-13)21-17(22)18(8-10-23-11-9-18)15-4-2-3-5-16(15)19/h2-7,12H,8-11H2,1H3,(H,21,22). The van der Waals surface area contributed by atoms with Gasteiger partial charge in [0.1, 0.15) is 0 Å². The van der Waals surface area contributed by atoms with Gasteiger partial charge in [-0.1, -0.05) is 29.8 Å². The molecule has 1 N–H and O–H groups in total. The summed E-state index contributed by atoms with van der Waals surface area (Å²) in [5.41, 5.74) is 1.80. The summed E-state index contributed by atoms with van der Waals surface area (Å²) in [7, 11) is 0. The highest BCUT2D eigenvalue weighted by Crippen LogP contribution is 2.39. The summed E-state index contributed by atoms with van der Waals surface area (Å²) in [4.78, 5) is 17.3. The van der Waals surface area contributed by atoms with Crippen molar-refractivity contribution in [3.05, 3.63) is 58.9 Å². The lowest BCUT2D eigenvalue weighted by Gasteiger charge is -2.36. The van der Waals surface area contributed by atoms with Crippen molar-refractivity contribution in [1.82, 2.24) is 4.98 Å². The Bertz CT molecular complexity index is 694. The Morgan fingerprint density at radius 1 is 1.22 bits per heavy atom. The second-order valence-electron chi connectivity index (χ2n) is 5.82. The molecule has 0 radical (unpaired) electrons. The zero-order chi connectivity index (χ0) is 16.3. The number of carbonyl (C=O) groups is 1. The Balaban J connectivity index is 1.94. The van der Waals surface area contributed by atoms with Gasteiger partial charge in [0, 0.05) is 23.9 Å². The summed E-state index contributed by atoms with van der Waals surface area (Å²) in [6.45, 7) is 3.00. The first kappa shape index (κ1) is 16.0. The van der Waals surface area contributed by atoms with E-state index in [4.69, 9.17) is 16.3 Å². The number of ether oxygens (including phenoxy) is 1. The third-order valence-corrected chi connectivity index (χ3v) is 4.67. The van der Waals surface area contributed by atoms with Gasteiger partial charge in [-0.3, -0.25) is 9.78 Å². The van der Waals surface area contributed by atoms with Crippen LogP contribution in [-0.4, -0.2) is 24.1 Å². The van der Waals surface area contributed by atoms with Crippen molar-refractivity contribution in [3.8, 4) is 0 Å². The van der Waals surface area contributed by atoms with E-state index in [1.807, 2.05) is 43.3 Å². The Hall–Kier alpha value is -1.91. The Labute approximate surface area is 140 Å². The number of carbonyl (C=O) groups excluding carboxylic acids is 1. The van der Waals surface area contributed by atoms with Crippen LogP contribution in [0.25, 0.3) is 0 Å². The molecule has 1 aromatic carbocycles. The van der Waals surface area contributed by atoms with E-state index in [0.29, 0.717) is 36.8 Å². The van der Waals surface area contributed by atoms with Crippen LogP contribution in [0, 0.1) is 6.92 Å². The smallest absolute Gasteiger partial charge is 0.235 e. The first-order chi connectivity index (χ1) is 11.1. The van der Waals surface area contributed by atoms with Gasteiger partial charge in [-0.05, 0) is 43.5 Å². The fraction of sp³-hybridized carbons (Fsp3) is 0.333. The van der Waals surface area contributed by atoms with Gasteiger partial charge < -0.3 is 10.1 Å². The van der Waals surface area contributed by atoms with Gasteiger partial charge in [0.05, 0.1) is 17.3 Å². The summed E-state index contributed by atoms with van der Waals surface area (Å²) in [6, 6.07) is 11.3. The highest BCUT2D eigenvalue weighted by atomic mass is 35.5. The molecule has 23 heavy (non-hydrogen) atoms. The highest BCUT2D eigenvalue weighted by molar-refractivity contribution is 6.31. The monoisotopic (exact) mass is 330 g/mol. The Morgan fingerprint density at radius 2 is 1.96 bits per heavy atom. The van der Waals surface area contributed by atoms with E-state index >= 15 is 0 Å². The van der Waals surface area contributed by atoms with Crippen LogP contribution in [0.3, 0.4) is 0 Å². The van der Waals surface area contributed by atoms with Crippen molar-refractivity contribution in [2.45, 2.75) is 25.2 Å². The molecule has 0 unspecified atom stereocenters. The van der Waals surface area contributed by atoms with Crippen LogP contribution in [0.15, 0.2) is 42.6 Å². The third kappa shape index (κ3) is 3.23. The molecule has 0 spiro atoms. The van der Waals surface area contributed by atoms with Crippen LogP contribution in [0.2, 0.25) is 5.02 Å². The van der Waals surface area contributed by atoms with Gasteiger partial charge >= 0.3 is 0 Å². The summed E-state index contributed by atoms with van der Waals surface area (Å²) >= 11 is 6.38. The fourth-order valence-electron chi connectivity index (χ4n) is 2.98. The molecule has 1 aromatic heterocycles. The number of hydrogen-bond acceptors (Lipinski definition) is 3. The minimum absolute atomic E-state index is 0.0560. The van der Waals surface area contributed by atoms with Gasteiger partial charge in [0.25, 0.3) is 0 Å². The van der Waals surface area contributed by atoms with Crippen LogP contribution >= 0.6 is 11.6 Å². The number of anilines is 1. The van der Waals surface area contributed by atoms with Crippen molar-refractivity contribution in [2.75, 3.05) is 18.5 Å². The highest BCUT2D eigenvalue weighted by Gasteiger charge is 2.43. The number of halogens is 1. The molecule has 2 aromatic rings. The molecule has 5 heteroatoms. The van der Waals surface area contributed by atoms with Gasteiger partial charge in [0.15, 0.2) is 0 Å². The number of benzene rings is 1. The summed E-state index contributed by atoms with van der Waals surface area (Å²) in [6.07, 6.45) is 2.90. The number of hydrogen-bond donors (Lipinski definition) is 1. The molecule has 1 aliphatic heterocycles. The second kappa shape index (κ2) is 6.69. The van der Waals surface area contributed by atoms with Crippen molar-refractivity contribution >= 4 is 23.2 Å². The molecule has 1 amide bonds. The quantitative estimate of drug-likeness (QED) is 0.933. The minimum Gasteiger partial charge on any atom is -0.381 e. The number of nitrogens with one attached hydrogen (secondary N) is 1. The van der Waals surface area contributed by atoms with E-state index in [9.17, 15) is 4.79 Å². The van der Waals surface area contributed by atoms with Crippen LogP contribution in [0.1, 0.15) is 24.1 Å². The van der Waals surface area contributed by atoms with Gasteiger partial charge in [0.2, 0.25) is 5.91 Å². The molecule has 0 saturated carbocycles. The zero-order valence-electron chi connectivity index (χ0n) is 13.0. The molecule has 0 aliphatic carbocycles. The Morgan fingerprint density at radius 3 is 2.61 bits per heavy atom. The van der Waals surface area contributed by atoms with Gasteiger partial charge in [-0.25, -0.2) is 0 Å². The summed E-state index contributed by atoms with van der Waals surface area (Å²) in [5, 5.41) is 3.61. The molecule has 0 bridgehead atoms. The molecule has 120 valence electrons. The van der Waals surface area contributed by atoms with E-state index in [1.54, 1.807) is 6.20 Å². The zero-order valence-corrected chi connectivity index (χ0v) is 13.8. The topological polar surface area (TPSA) is 51.2 Å². The molecule has 4 nitrogen and oxygen atoms in total. The van der Waals surface area contributed by atoms with Gasteiger partial charge in [-0.2, -0.15) is 0 Å². The average Bonchev–Trinajstić information content (AvgIpc) is 2.58. The lowest BCUT2D eigenvalue weighted by molar-refractivity contribution is -0.125. The predicted octanol–water partition coefficient (Wildman–Crippen LogP) is 3.73. The maximum atomic E-state index is 13.1. The van der Waals surface area contributed by atoms with Crippen molar-refractivity contribution in [3.63, 3.8) is 0 Å². The minimum atomic E-state index is -0.665. The molecule has 1 saturated heterocycles. The first-order valence-electron chi connectivity index (χ1n) is 7.69. The second-order valence-corrected chi connectivity index (χ2v) is 6.22. The lowest BCUT2D eigenvalue weighted by atomic mass is 9.73. The molecule has 1 fully saturated rings. The average molecular weight is 331 g/mol. The van der Waals surface area contributed by atoms with E-state index in [-0.39, 0.29) is 5.91 Å². The summed E-state index contributed by atoms with van der Waals surface area (Å²) in [5.74, 6) is -0.0560. The van der Waals surface area contributed by atoms with Crippen molar-refractivity contribution in [2.24, 2.45) is 0 Å². The first-order valence-corrected chi connectivity index (χ1v) is 8.06.